The number of ether oxygens (including phenoxy) is 1. The molecule has 5 nitrogen and oxygen atoms in total. The standard InChI is InChI=1S/C36H41N3O2S/c1-6-26(33(40)39-17-19-41-20-18-39)16-15-25(3)31-22-42-34(38-31)37-23-35(4)21-30-28-13-9-10-14-29(28)32(36(30,35)5)27-12-8-7-11-24(27)2/h6-16,22,30,32H,1,17-21,23H2,2-5H3,(H,37,38)/b25-15+,26-16+. The van der Waals surface area contributed by atoms with Gasteiger partial charge in [-0.25, -0.2) is 4.98 Å². The summed E-state index contributed by atoms with van der Waals surface area (Å²) < 4.78 is 5.38. The highest BCUT2D eigenvalue weighted by molar-refractivity contribution is 7.13. The van der Waals surface area contributed by atoms with Crippen LogP contribution in [0.4, 0.5) is 5.13 Å². The van der Waals surface area contributed by atoms with Crippen LogP contribution in [0.3, 0.4) is 0 Å². The summed E-state index contributed by atoms with van der Waals surface area (Å²) in [6.07, 6.45) is 6.62. The van der Waals surface area contributed by atoms with Gasteiger partial charge in [0.05, 0.1) is 18.9 Å². The zero-order chi connectivity index (χ0) is 29.5. The Morgan fingerprint density at radius 1 is 1.10 bits per heavy atom. The Balaban J connectivity index is 1.18. The number of hydrogen-bond donors (Lipinski definition) is 1. The highest BCUT2D eigenvalue weighted by Gasteiger charge is 2.67. The van der Waals surface area contributed by atoms with Crippen molar-refractivity contribution in [2.75, 3.05) is 38.2 Å². The van der Waals surface area contributed by atoms with Crippen molar-refractivity contribution >= 4 is 27.9 Å². The van der Waals surface area contributed by atoms with Crippen molar-refractivity contribution in [2.45, 2.75) is 46.0 Å². The number of nitrogens with zero attached hydrogens (tertiary/aromatic N) is 2. The third kappa shape index (κ3) is 4.75. The largest absolute Gasteiger partial charge is 0.378 e. The maximum absolute atomic E-state index is 12.9. The second kappa shape index (κ2) is 11.3. The van der Waals surface area contributed by atoms with Gasteiger partial charge in [-0.1, -0.05) is 81.1 Å². The molecule has 1 amide bonds. The van der Waals surface area contributed by atoms with Crippen LogP contribution in [-0.2, 0) is 9.53 Å². The number of nitrogens with one attached hydrogen (secondary N) is 1. The van der Waals surface area contributed by atoms with E-state index < -0.39 is 0 Å². The van der Waals surface area contributed by atoms with Crippen LogP contribution >= 0.6 is 11.3 Å². The van der Waals surface area contributed by atoms with Gasteiger partial charge >= 0.3 is 0 Å². The van der Waals surface area contributed by atoms with E-state index in [4.69, 9.17) is 9.72 Å². The Bertz CT molecular complexity index is 1560. The van der Waals surface area contributed by atoms with Crippen LogP contribution in [0.15, 0.2) is 84.3 Å². The molecule has 2 aliphatic carbocycles. The van der Waals surface area contributed by atoms with Gasteiger partial charge in [0.1, 0.15) is 0 Å². The summed E-state index contributed by atoms with van der Waals surface area (Å²) in [4.78, 5) is 19.6. The fourth-order valence-corrected chi connectivity index (χ4v) is 8.28. The number of allylic oxidation sites excluding steroid dienone is 3. The van der Waals surface area contributed by atoms with Crippen molar-refractivity contribution in [3.05, 3.63) is 112 Å². The lowest BCUT2D eigenvalue weighted by Crippen LogP contribution is -2.57. The number of rotatable bonds is 8. The first-order valence-electron chi connectivity index (χ1n) is 15.0. The molecule has 0 spiro atoms. The highest BCUT2D eigenvalue weighted by atomic mass is 32.1. The summed E-state index contributed by atoms with van der Waals surface area (Å²) in [7, 11) is 0. The number of carbonyl (C=O) groups excluding carboxylic acids is 1. The normalized spacial score (nSPS) is 27.2. The lowest BCUT2D eigenvalue weighted by molar-refractivity contribution is -0.130. The summed E-state index contributed by atoms with van der Waals surface area (Å²) in [5.74, 6) is 0.938. The maximum atomic E-state index is 12.9. The zero-order valence-electron chi connectivity index (χ0n) is 25.2. The van der Waals surface area contributed by atoms with Gasteiger partial charge in [0.25, 0.3) is 5.91 Å². The summed E-state index contributed by atoms with van der Waals surface area (Å²) >= 11 is 1.64. The molecule has 1 saturated heterocycles. The Morgan fingerprint density at radius 3 is 2.50 bits per heavy atom. The van der Waals surface area contributed by atoms with Gasteiger partial charge in [-0.05, 0) is 70.9 Å². The van der Waals surface area contributed by atoms with E-state index in [0.717, 1.165) is 22.9 Å². The molecule has 1 saturated carbocycles. The third-order valence-corrected chi connectivity index (χ3v) is 11.1. The van der Waals surface area contributed by atoms with Gasteiger partial charge < -0.3 is 15.0 Å². The van der Waals surface area contributed by atoms with Crippen molar-refractivity contribution in [1.82, 2.24) is 9.88 Å². The number of thiazole rings is 1. The molecule has 3 aliphatic rings. The number of aromatic nitrogens is 1. The van der Waals surface area contributed by atoms with Crippen molar-refractivity contribution in [3.8, 4) is 0 Å². The van der Waals surface area contributed by atoms with Gasteiger partial charge in [-0.15, -0.1) is 11.3 Å². The van der Waals surface area contributed by atoms with Gasteiger partial charge in [-0.3, -0.25) is 4.79 Å². The first-order chi connectivity index (χ1) is 20.3. The molecule has 4 unspecified atom stereocenters. The fraction of sp³-hybridized carbons (Fsp3) is 0.389. The number of hydrogen-bond acceptors (Lipinski definition) is 5. The van der Waals surface area contributed by atoms with E-state index in [9.17, 15) is 4.79 Å². The molecular formula is C36H41N3O2S. The van der Waals surface area contributed by atoms with Crippen LogP contribution < -0.4 is 5.32 Å². The number of aryl methyl sites for hydroxylation is 1. The van der Waals surface area contributed by atoms with E-state index in [1.165, 1.54) is 28.7 Å². The Kier molecular flexibility index (Phi) is 7.71. The van der Waals surface area contributed by atoms with Gasteiger partial charge in [0.2, 0.25) is 0 Å². The maximum Gasteiger partial charge on any atom is 0.253 e. The second-order valence-electron chi connectivity index (χ2n) is 12.5. The predicted octanol–water partition coefficient (Wildman–Crippen LogP) is 7.58. The van der Waals surface area contributed by atoms with Crippen LogP contribution in [0.1, 0.15) is 67.0 Å². The first-order valence-corrected chi connectivity index (χ1v) is 15.9. The van der Waals surface area contributed by atoms with E-state index in [-0.39, 0.29) is 16.7 Å². The highest BCUT2D eigenvalue weighted by Crippen LogP contribution is 2.76. The molecule has 0 bridgehead atoms. The molecule has 1 N–H and O–H groups in total. The monoisotopic (exact) mass is 579 g/mol. The molecule has 218 valence electrons. The Labute approximate surface area is 254 Å². The van der Waals surface area contributed by atoms with Crippen molar-refractivity contribution in [1.29, 1.82) is 0 Å². The van der Waals surface area contributed by atoms with Crippen LogP contribution in [0.2, 0.25) is 0 Å². The lowest BCUT2D eigenvalue weighted by Gasteiger charge is -2.62. The molecule has 0 radical (unpaired) electrons. The van der Waals surface area contributed by atoms with Gasteiger partial charge in [0, 0.05) is 36.5 Å². The molecule has 3 aromatic rings. The minimum absolute atomic E-state index is 0.00316. The molecule has 2 aromatic carbocycles. The van der Waals surface area contributed by atoms with E-state index in [1.807, 2.05) is 24.0 Å². The molecule has 1 aliphatic heterocycles. The smallest absolute Gasteiger partial charge is 0.253 e. The third-order valence-electron chi connectivity index (χ3n) is 10.3. The molecule has 4 atom stereocenters. The van der Waals surface area contributed by atoms with E-state index in [2.05, 4.69) is 86.6 Å². The van der Waals surface area contributed by atoms with Crippen LogP contribution in [-0.4, -0.2) is 48.6 Å². The quantitative estimate of drug-likeness (QED) is 0.221. The molecule has 6 rings (SSSR count). The minimum atomic E-state index is -0.00316. The molecule has 2 heterocycles. The number of carbonyl (C=O) groups is 1. The predicted molar refractivity (Wildman–Crippen MR) is 173 cm³/mol. The topological polar surface area (TPSA) is 54.5 Å². The lowest BCUT2D eigenvalue weighted by atomic mass is 9.42. The molecular weight excluding hydrogens is 538 g/mol. The number of morpholine rings is 1. The SMILES string of the molecule is C=C/C(=C\C=C(/C)c1csc(NCC2(C)CC3c4ccccc4C(c4ccccc4C)C32C)n1)C(=O)N1CCOCC1. The first kappa shape index (κ1) is 28.6. The van der Waals surface area contributed by atoms with Crippen LogP contribution in [0, 0.1) is 17.8 Å². The minimum Gasteiger partial charge on any atom is -0.378 e. The van der Waals surface area contributed by atoms with Crippen LogP contribution in [0.25, 0.3) is 5.57 Å². The van der Waals surface area contributed by atoms with E-state index >= 15 is 0 Å². The second-order valence-corrected chi connectivity index (χ2v) is 13.3. The number of anilines is 1. The molecule has 6 heteroatoms. The van der Waals surface area contributed by atoms with Crippen molar-refractivity contribution in [2.24, 2.45) is 10.8 Å². The van der Waals surface area contributed by atoms with Crippen molar-refractivity contribution < 1.29 is 9.53 Å². The average molecular weight is 580 g/mol. The Hall–Kier alpha value is -3.48. The zero-order valence-corrected chi connectivity index (χ0v) is 26.0. The van der Waals surface area contributed by atoms with E-state index in [0.29, 0.717) is 43.7 Å². The van der Waals surface area contributed by atoms with Crippen molar-refractivity contribution in [3.63, 3.8) is 0 Å². The summed E-state index contributed by atoms with van der Waals surface area (Å²) in [6, 6.07) is 18.0. The molecule has 2 fully saturated rings. The van der Waals surface area contributed by atoms with Gasteiger partial charge in [-0.2, -0.15) is 0 Å². The number of fused-ring (bicyclic) bond motifs is 3. The fourth-order valence-electron chi connectivity index (χ4n) is 7.52. The summed E-state index contributed by atoms with van der Waals surface area (Å²) in [6.45, 7) is 16.4. The number of benzene rings is 2. The average Bonchev–Trinajstić information content (AvgIpc) is 3.57. The van der Waals surface area contributed by atoms with E-state index in [1.54, 1.807) is 17.4 Å². The summed E-state index contributed by atoms with van der Waals surface area (Å²) in [5, 5.41) is 6.76. The Morgan fingerprint density at radius 2 is 1.79 bits per heavy atom. The number of amides is 1. The van der Waals surface area contributed by atoms with Crippen LogP contribution in [0.5, 0.6) is 0 Å². The summed E-state index contributed by atoms with van der Waals surface area (Å²) in [5.41, 5.74) is 8.61. The van der Waals surface area contributed by atoms with Gasteiger partial charge in [0.15, 0.2) is 5.13 Å². The molecule has 1 aromatic heterocycles. The molecule has 42 heavy (non-hydrogen) atoms.